The van der Waals surface area contributed by atoms with Gasteiger partial charge in [0, 0.05) is 32.4 Å². The lowest BCUT2D eigenvalue weighted by molar-refractivity contribution is 0.131. The molecule has 1 saturated heterocycles. The Labute approximate surface area is 110 Å². The summed E-state index contributed by atoms with van der Waals surface area (Å²) < 4.78 is 0. The predicted octanol–water partition coefficient (Wildman–Crippen LogP) is 1.71. The zero-order valence-corrected chi connectivity index (χ0v) is 10.8. The van der Waals surface area contributed by atoms with Crippen molar-refractivity contribution in [3.8, 4) is 0 Å². The molecule has 0 bridgehead atoms. The SMILES string of the molecule is CN(C(=O)O)C1CCN(c2ccnc(Cl)n2)CC1. The van der Waals surface area contributed by atoms with Crippen molar-refractivity contribution in [2.45, 2.75) is 18.9 Å². The van der Waals surface area contributed by atoms with Gasteiger partial charge in [-0.05, 0) is 30.5 Å². The molecule has 0 aliphatic carbocycles. The molecule has 0 saturated carbocycles. The Kier molecular flexibility index (Phi) is 3.86. The van der Waals surface area contributed by atoms with E-state index in [2.05, 4.69) is 14.9 Å². The van der Waals surface area contributed by atoms with Crippen LogP contribution in [0.15, 0.2) is 12.3 Å². The molecule has 1 fully saturated rings. The Balaban J connectivity index is 1.96. The van der Waals surface area contributed by atoms with E-state index >= 15 is 0 Å². The van der Waals surface area contributed by atoms with Crippen LogP contribution < -0.4 is 4.90 Å². The predicted molar refractivity (Wildman–Crippen MR) is 68.1 cm³/mol. The lowest BCUT2D eigenvalue weighted by Crippen LogP contribution is -2.45. The van der Waals surface area contributed by atoms with Gasteiger partial charge in [0.25, 0.3) is 0 Å². The van der Waals surface area contributed by atoms with E-state index in [1.54, 1.807) is 13.2 Å². The Morgan fingerprint density at radius 3 is 2.78 bits per heavy atom. The van der Waals surface area contributed by atoms with Crippen LogP contribution in [-0.4, -0.2) is 52.2 Å². The van der Waals surface area contributed by atoms with Gasteiger partial charge in [0.1, 0.15) is 5.82 Å². The second-order valence-electron chi connectivity index (χ2n) is 4.30. The second-order valence-corrected chi connectivity index (χ2v) is 4.63. The molecule has 0 aromatic carbocycles. The first-order chi connectivity index (χ1) is 8.58. The van der Waals surface area contributed by atoms with Gasteiger partial charge in [0.05, 0.1) is 0 Å². The molecule has 7 heteroatoms. The van der Waals surface area contributed by atoms with Gasteiger partial charge in [0.2, 0.25) is 5.28 Å². The van der Waals surface area contributed by atoms with Crippen LogP contribution in [0.5, 0.6) is 0 Å². The first kappa shape index (κ1) is 12.9. The Morgan fingerprint density at radius 1 is 1.56 bits per heavy atom. The van der Waals surface area contributed by atoms with Gasteiger partial charge < -0.3 is 14.9 Å². The molecule has 98 valence electrons. The number of carboxylic acid groups (broad SMARTS) is 1. The minimum atomic E-state index is -0.876. The number of amides is 1. The molecular weight excluding hydrogens is 256 g/mol. The van der Waals surface area contributed by atoms with Crippen LogP contribution in [0.1, 0.15) is 12.8 Å². The summed E-state index contributed by atoms with van der Waals surface area (Å²) in [5, 5.41) is 9.16. The zero-order chi connectivity index (χ0) is 13.1. The van der Waals surface area contributed by atoms with Crippen molar-refractivity contribution >= 4 is 23.5 Å². The van der Waals surface area contributed by atoms with E-state index < -0.39 is 6.09 Å². The number of nitrogens with zero attached hydrogens (tertiary/aromatic N) is 4. The van der Waals surface area contributed by atoms with E-state index in [4.69, 9.17) is 16.7 Å². The van der Waals surface area contributed by atoms with Crippen LogP contribution in [0.2, 0.25) is 5.28 Å². The Hall–Kier alpha value is -1.56. The Bertz CT molecular complexity index is 435. The highest BCUT2D eigenvalue weighted by Gasteiger charge is 2.25. The molecule has 18 heavy (non-hydrogen) atoms. The van der Waals surface area contributed by atoms with E-state index in [1.165, 1.54) is 4.90 Å². The fraction of sp³-hybridized carbons (Fsp3) is 0.545. The van der Waals surface area contributed by atoms with Crippen LogP contribution in [0, 0.1) is 0 Å². The van der Waals surface area contributed by atoms with Crippen molar-refractivity contribution in [2.24, 2.45) is 0 Å². The fourth-order valence-corrected chi connectivity index (χ4v) is 2.28. The minimum absolute atomic E-state index is 0.0797. The topological polar surface area (TPSA) is 69.6 Å². The largest absolute Gasteiger partial charge is 0.465 e. The van der Waals surface area contributed by atoms with Crippen molar-refractivity contribution < 1.29 is 9.90 Å². The van der Waals surface area contributed by atoms with Crippen LogP contribution in [-0.2, 0) is 0 Å². The molecule has 1 amide bonds. The van der Waals surface area contributed by atoms with Crippen molar-refractivity contribution in [3.05, 3.63) is 17.5 Å². The average Bonchev–Trinajstić information content (AvgIpc) is 2.38. The van der Waals surface area contributed by atoms with E-state index in [1.807, 2.05) is 6.07 Å². The van der Waals surface area contributed by atoms with E-state index in [0.29, 0.717) is 0 Å². The van der Waals surface area contributed by atoms with Crippen molar-refractivity contribution in [1.82, 2.24) is 14.9 Å². The molecule has 0 spiro atoms. The molecule has 1 aromatic rings. The molecule has 1 aliphatic rings. The maximum absolute atomic E-state index is 10.9. The van der Waals surface area contributed by atoms with Gasteiger partial charge >= 0.3 is 6.09 Å². The van der Waals surface area contributed by atoms with Crippen LogP contribution in [0.4, 0.5) is 10.6 Å². The molecule has 0 radical (unpaired) electrons. The third-order valence-corrected chi connectivity index (χ3v) is 3.43. The number of hydrogen-bond acceptors (Lipinski definition) is 4. The first-order valence-electron chi connectivity index (χ1n) is 5.77. The highest BCUT2D eigenvalue weighted by atomic mass is 35.5. The molecule has 1 aromatic heterocycles. The van der Waals surface area contributed by atoms with Crippen LogP contribution in [0.25, 0.3) is 0 Å². The third-order valence-electron chi connectivity index (χ3n) is 3.25. The fourth-order valence-electron chi connectivity index (χ4n) is 2.14. The van der Waals surface area contributed by atoms with Crippen molar-refractivity contribution in [2.75, 3.05) is 25.0 Å². The summed E-state index contributed by atoms with van der Waals surface area (Å²) in [6.45, 7) is 1.55. The maximum Gasteiger partial charge on any atom is 0.407 e. The van der Waals surface area contributed by atoms with E-state index in [-0.39, 0.29) is 11.3 Å². The molecule has 6 nitrogen and oxygen atoms in total. The standard InChI is InChI=1S/C11H15ClN4O2/c1-15(11(17)18)8-3-6-16(7-4-8)9-2-5-13-10(12)14-9/h2,5,8H,3-4,6-7H2,1H3,(H,17,18). The van der Waals surface area contributed by atoms with Gasteiger partial charge in [-0.3, -0.25) is 0 Å². The summed E-state index contributed by atoms with van der Waals surface area (Å²) in [6.07, 6.45) is 2.34. The Morgan fingerprint density at radius 2 is 2.22 bits per heavy atom. The number of anilines is 1. The number of piperidine rings is 1. The molecule has 2 heterocycles. The minimum Gasteiger partial charge on any atom is -0.465 e. The summed E-state index contributed by atoms with van der Waals surface area (Å²) >= 11 is 5.75. The smallest absolute Gasteiger partial charge is 0.407 e. The number of carbonyl (C=O) groups is 1. The number of aromatic nitrogens is 2. The lowest BCUT2D eigenvalue weighted by Gasteiger charge is -2.36. The van der Waals surface area contributed by atoms with Gasteiger partial charge in [-0.2, -0.15) is 0 Å². The highest BCUT2D eigenvalue weighted by Crippen LogP contribution is 2.20. The normalized spacial score (nSPS) is 16.7. The van der Waals surface area contributed by atoms with E-state index in [0.717, 1.165) is 31.7 Å². The number of hydrogen-bond donors (Lipinski definition) is 1. The first-order valence-corrected chi connectivity index (χ1v) is 6.15. The quantitative estimate of drug-likeness (QED) is 0.829. The van der Waals surface area contributed by atoms with Crippen LogP contribution in [0.3, 0.4) is 0 Å². The molecule has 1 N–H and O–H groups in total. The molecule has 1 aliphatic heterocycles. The summed E-state index contributed by atoms with van der Waals surface area (Å²) in [7, 11) is 1.62. The summed E-state index contributed by atoms with van der Waals surface area (Å²) in [4.78, 5) is 22.3. The summed E-state index contributed by atoms with van der Waals surface area (Å²) in [5.74, 6) is 0.798. The van der Waals surface area contributed by atoms with Gasteiger partial charge in [-0.1, -0.05) is 0 Å². The maximum atomic E-state index is 10.9. The molecule has 2 rings (SSSR count). The van der Waals surface area contributed by atoms with Gasteiger partial charge in [-0.15, -0.1) is 0 Å². The number of halogens is 1. The average molecular weight is 271 g/mol. The second kappa shape index (κ2) is 5.39. The lowest BCUT2D eigenvalue weighted by atomic mass is 10.0. The zero-order valence-electron chi connectivity index (χ0n) is 10.1. The third kappa shape index (κ3) is 2.81. The molecular formula is C11H15ClN4O2. The van der Waals surface area contributed by atoms with Crippen LogP contribution >= 0.6 is 11.6 Å². The molecule has 0 unspecified atom stereocenters. The number of rotatable bonds is 2. The van der Waals surface area contributed by atoms with E-state index in [9.17, 15) is 4.79 Å². The van der Waals surface area contributed by atoms with Crippen molar-refractivity contribution in [1.29, 1.82) is 0 Å². The van der Waals surface area contributed by atoms with Gasteiger partial charge in [-0.25, -0.2) is 14.8 Å². The molecule has 0 atom stereocenters. The summed E-state index contributed by atoms with van der Waals surface area (Å²) in [5.41, 5.74) is 0. The monoisotopic (exact) mass is 270 g/mol. The van der Waals surface area contributed by atoms with Crippen molar-refractivity contribution in [3.63, 3.8) is 0 Å². The van der Waals surface area contributed by atoms with Gasteiger partial charge in [0.15, 0.2) is 0 Å². The highest BCUT2D eigenvalue weighted by molar-refractivity contribution is 6.28. The summed E-state index contributed by atoms with van der Waals surface area (Å²) in [6, 6.07) is 1.89.